The molecule has 0 aliphatic carbocycles. The number of aryl methyl sites for hydroxylation is 1. The molecule has 2 heterocycles. The molecule has 0 aliphatic heterocycles. The van der Waals surface area contributed by atoms with Crippen molar-refractivity contribution < 1.29 is 0 Å². The van der Waals surface area contributed by atoms with Gasteiger partial charge in [0.05, 0.1) is 16.0 Å². The van der Waals surface area contributed by atoms with Gasteiger partial charge in [-0.15, -0.1) is 11.3 Å². The highest BCUT2D eigenvalue weighted by Gasteiger charge is 2.14. The minimum absolute atomic E-state index is 0.621. The first-order valence-electron chi connectivity index (χ1n) is 6.62. The molecule has 4 heteroatoms. The Hall–Kier alpha value is -2.64. The standard InChI is InChI=1S/C17H11N3S/c1-20-13-7-4-6-12(10-18)16(13)19-17(20)15-9-11-5-2-3-8-14(11)21-15/h2-9H,1H3. The fourth-order valence-electron chi connectivity index (χ4n) is 2.62. The summed E-state index contributed by atoms with van der Waals surface area (Å²) in [4.78, 5) is 5.82. The zero-order chi connectivity index (χ0) is 14.4. The van der Waals surface area contributed by atoms with Crippen molar-refractivity contribution in [3.8, 4) is 16.8 Å². The van der Waals surface area contributed by atoms with E-state index in [4.69, 9.17) is 4.98 Å². The van der Waals surface area contributed by atoms with Crippen molar-refractivity contribution in [2.45, 2.75) is 0 Å². The minimum atomic E-state index is 0.621. The zero-order valence-electron chi connectivity index (χ0n) is 11.4. The molecule has 0 saturated heterocycles. The lowest BCUT2D eigenvalue weighted by Crippen LogP contribution is -1.90. The Kier molecular flexibility index (Phi) is 2.56. The maximum Gasteiger partial charge on any atom is 0.151 e. The molecule has 0 radical (unpaired) electrons. The Bertz CT molecular complexity index is 985. The van der Waals surface area contributed by atoms with E-state index in [9.17, 15) is 5.26 Å². The average Bonchev–Trinajstić information content (AvgIpc) is 3.08. The molecule has 0 aliphatic rings. The predicted molar refractivity (Wildman–Crippen MR) is 86.2 cm³/mol. The van der Waals surface area contributed by atoms with E-state index >= 15 is 0 Å². The van der Waals surface area contributed by atoms with Crippen LogP contribution in [0.15, 0.2) is 48.5 Å². The van der Waals surface area contributed by atoms with Crippen molar-refractivity contribution in [1.29, 1.82) is 5.26 Å². The molecule has 0 spiro atoms. The van der Waals surface area contributed by atoms with Crippen molar-refractivity contribution in [1.82, 2.24) is 9.55 Å². The topological polar surface area (TPSA) is 41.6 Å². The highest BCUT2D eigenvalue weighted by atomic mass is 32.1. The van der Waals surface area contributed by atoms with Gasteiger partial charge in [0.1, 0.15) is 11.6 Å². The van der Waals surface area contributed by atoms with Crippen molar-refractivity contribution >= 4 is 32.5 Å². The third-order valence-corrected chi connectivity index (χ3v) is 4.79. The van der Waals surface area contributed by atoms with Crippen LogP contribution in [0.3, 0.4) is 0 Å². The van der Waals surface area contributed by atoms with Crippen LogP contribution in [0, 0.1) is 11.3 Å². The molecular formula is C17H11N3S. The second-order valence-corrected chi connectivity index (χ2v) is 6.01. The predicted octanol–water partition coefficient (Wildman–Crippen LogP) is 4.33. The maximum atomic E-state index is 9.22. The minimum Gasteiger partial charge on any atom is -0.326 e. The Morgan fingerprint density at radius 3 is 2.81 bits per heavy atom. The van der Waals surface area contributed by atoms with Crippen LogP contribution in [0.5, 0.6) is 0 Å². The van der Waals surface area contributed by atoms with Gasteiger partial charge < -0.3 is 4.57 Å². The number of nitrogens with zero attached hydrogens (tertiary/aromatic N) is 3. The fraction of sp³-hybridized carbons (Fsp3) is 0.0588. The summed E-state index contributed by atoms with van der Waals surface area (Å²) in [5, 5.41) is 10.5. The van der Waals surface area contributed by atoms with E-state index in [2.05, 4.69) is 28.8 Å². The zero-order valence-corrected chi connectivity index (χ0v) is 12.2. The number of fused-ring (bicyclic) bond motifs is 2. The molecule has 0 saturated carbocycles. The van der Waals surface area contributed by atoms with E-state index < -0.39 is 0 Å². The second-order valence-electron chi connectivity index (χ2n) is 4.93. The van der Waals surface area contributed by atoms with Crippen molar-refractivity contribution in [3.05, 3.63) is 54.1 Å². The highest BCUT2D eigenvalue weighted by Crippen LogP contribution is 2.34. The van der Waals surface area contributed by atoms with Crippen molar-refractivity contribution in [2.75, 3.05) is 0 Å². The average molecular weight is 289 g/mol. The van der Waals surface area contributed by atoms with E-state index in [1.807, 2.05) is 37.4 Å². The van der Waals surface area contributed by atoms with Crippen molar-refractivity contribution in [3.63, 3.8) is 0 Å². The second kappa shape index (κ2) is 4.44. The molecule has 3 nitrogen and oxygen atoms in total. The summed E-state index contributed by atoms with van der Waals surface area (Å²) in [5.74, 6) is 0.911. The molecule has 4 rings (SSSR count). The summed E-state index contributed by atoms with van der Waals surface area (Å²) < 4.78 is 3.31. The van der Waals surface area contributed by atoms with Crippen LogP contribution in [0.2, 0.25) is 0 Å². The molecular weight excluding hydrogens is 278 g/mol. The van der Waals surface area contributed by atoms with E-state index in [1.165, 1.54) is 10.1 Å². The lowest BCUT2D eigenvalue weighted by Gasteiger charge is -1.98. The summed E-state index contributed by atoms with van der Waals surface area (Å²) in [6, 6.07) is 18.4. The Morgan fingerprint density at radius 1 is 1.14 bits per heavy atom. The number of rotatable bonds is 1. The number of imidazole rings is 1. The van der Waals surface area contributed by atoms with Crippen molar-refractivity contribution in [2.24, 2.45) is 7.05 Å². The first-order chi connectivity index (χ1) is 10.3. The Labute approximate surface area is 125 Å². The molecule has 0 fully saturated rings. The summed E-state index contributed by atoms with van der Waals surface area (Å²) in [6.45, 7) is 0. The van der Waals surface area contributed by atoms with Gasteiger partial charge in [-0.25, -0.2) is 4.98 Å². The summed E-state index contributed by atoms with van der Waals surface area (Å²) in [5.41, 5.74) is 2.38. The number of hydrogen-bond donors (Lipinski definition) is 0. The summed E-state index contributed by atoms with van der Waals surface area (Å²) in [6.07, 6.45) is 0. The third kappa shape index (κ3) is 1.75. The van der Waals surface area contributed by atoms with Crippen LogP contribution < -0.4 is 0 Å². The number of nitriles is 1. The normalized spacial score (nSPS) is 11.0. The van der Waals surface area contributed by atoms with E-state index in [0.717, 1.165) is 21.7 Å². The molecule has 0 N–H and O–H groups in total. The van der Waals surface area contributed by atoms with Crippen LogP contribution >= 0.6 is 11.3 Å². The van der Waals surface area contributed by atoms with Gasteiger partial charge in [-0.2, -0.15) is 5.26 Å². The SMILES string of the molecule is Cn1c(-c2cc3ccccc3s2)nc2c(C#N)cccc21. The van der Waals surface area contributed by atoms with E-state index in [-0.39, 0.29) is 0 Å². The van der Waals surface area contributed by atoms with Gasteiger partial charge in [0, 0.05) is 11.7 Å². The monoisotopic (exact) mass is 289 g/mol. The van der Waals surface area contributed by atoms with Gasteiger partial charge in [0.25, 0.3) is 0 Å². The lowest BCUT2D eigenvalue weighted by atomic mass is 10.2. The maximum absolute atomic E-state index is 9.22. The summed E-state index contributed by atoms with van der Waals surface area (Å²) >= 11 is 1.73. The molecule has 0 amide bonds. The first kappa shape index (κ1) is 12.1. The van der Waals surface area contributed by atoms with Gasteiger partial charge in [0.15, 0.2) is 5.82 Å². The van der Waals surface area contributed by atoms with E-state index in [0.29, 0.717) is 5.56 Å². The lowest BCUT2D eigenvalue weighted by molar-refractivity contribution is 0.963. The van der Waals surface area contributed by atoms with E-state index in [1.54, 1.807) is 11.3 Å². The molecule has 0 bridgehead atoms. The van der Waals surface area contributed by atoms with Crippen LogP contribution in [-0.4, -0.2) is 9.55 Å². The van der Waals surface area contributed by atoms with Crippen LogP contribution in [0.4, 0.5) is 0 Å². The molecule has 100 valence electrons. The van der Waals surface area contributed by atoms with Crippen LogP contribution in [0.1, 0.15) is 5.56 Å². The largest absolute Gasteiger partial charge is 0.326 e. The molecule has 4 aromatic rings. The fourth-order valence-corrected chi connectivity index (χ4v) is 3.71. The van der Waals surface area contributed by atoms with Gasteiger partial charge in [-0.05, 0) is 29.7 Å². The molecule has 21 heavy (non-hydrogen) atoms. The third-order valence-electron chi connectivity index (χ3n) is 3.68. The van der Waals surface area contributed by atoms with Gasteiger partial charge >= 0.3 is 0 Å². The molecule has 2 aromatic heterocycles. The number of aromatic nitrogens is 2. The Morgan fingerprint density at radius 2 is 2.00 bits per heavy atom. The van der Waals surface area contributed by atoms with Crippen LogP contribution in [-0.2, 0) is 7.05 Å². The quantitative estimate of drug-likeness (QED) is 0.523. The smallest absolute Gasteiger partial charge is 0.151 e. The number of para-hydroxylation sites is 1. The highest BCUT2D eigenvalue weighted by molar-refractivity contribution is 7.22. The molecule has 0 unspecified atom stereocenters. The van der Waals surface area contributed by atoms with Gasteiger partial charge in [-0.1, -0.05) is 24.3 Å². The molecule has 0 atom stereocenters. The molecule has 2 aromatic carbocycles. The van der Waals surface area contributed by atoms with Gasteiger partial charge in [0.2, 0.25) is 0 Å². The Balaban J connectivity index is 2.02. The van der Waals surface area contributed by atoms with Crippen LogP contribution in [0.25, 0.3) is 31.8 Å². The van der Waals surface area contributed by atoms with Gasteiger partial charge in [-0.3, -0.25) is 0 Å². The summed E-state index contributed by atoms with van der Waals surface area (Å²) in [7, 11) is 2.00. The first-order valence-corrected chi connectivity index (χ1v) is 7.44. The number of hydrogen-bond acceptors (Lipinski definition) is 3. The number of benzene rings is 2. The number of thiophene rings is 1.